The third-order valence-electron chi connectivity index (χ3n) is 0.327. The van der Waals surface area contributed by atoms with Gasteiger partial charge < -0.3 is 4.55 Å². The summed E-state index contributed by atoms with van der Waals surface area (Å²) in [5.74, 6) is -0.597. The van der Waals surface area contributed by atoms with Gasteiger partial charge in [-0.3, -0.25) is 0 Å². The Bertz CT molecular complexity index is 130. The first kappa shape index (κ1) is 12.7. The van der Waals surface area contributed by atoms with E-state index < -0.39 is 15.9 Å². The molecular weight excluding hydrogens is 225 g/mol. The van der Waals surface area contributed by atoms with Crippen LogP contribution >= 0.6 is 11.6 Å². The van der Waals surface area contributed by atoms with E-state index in [0.29, 0.717) is 0 Å². The zero-order valence-electron chi connectivity index (χ0n) is 4.43. The molecule has 0 aromatic carbocycles. The van der Waals surface area contributed by atoms with E-state index in [9.17, 15) is 13.0 Å². The molecule has 0 aromatic heterocycles. The number of halogens is 1. The van der Waals surface area contributed by atoms with Crippen molar-refractivity contribution in [3.63, 3.8) is 0 Å². The van der Waals surface area contributed by atoms with Gasteiger partial charge in [0.25, 0.3) is 0 Å². The summed E-state index contributed by atoms with van der Waals surface area (Å²) in [7, 11) is -4.06. The molecule has 0 amide bonds. The fourth-order valence-electron chi connectivity index (χ4n) is 0.0945. The van der Waals surface area contributed by atoms with Crippen LogP contribution in [-0.4, -0.2) is 24.6 Å². The van der Waals surface area contributed by atoms with Gasteiger partial charge in [0.2, 0.25) is 0 Å². The van der Waals surface area contributed by atoms with E-state index in [1.54, 1.807) is 0 Å². The smallest absolute Gasteiger partial charge is 0.748 e. The maximum Gasteiger partial charge on any atom is 1.00 e. The Balaban J connectivity index is 0. The Morgan fingerprint density at radius 1 is 1.50 bits per heavy atom. The fraction of sp³-hybridized carbons (Fsp3) is 1.00. The van der Waals surface area contributed by atoms with E-state index in [4.69, 9.17) is 11.6 Å². The van der Waals surface area contributed by atoms with Gasteiger partial charge in [0.1, 0.15) is 0 Å². The van der Waals surface area contributed by atoms with Gasteiger partial charge in [0, 0.05) is 5.88 Å². The summed E-state index contributed by atoms with van der Waals surface area (Å²) in [5.41, 5.74) is 0. The average Bonchev–Trinajstić information content (AvgIpc) is 1.30. The molecule has 0 saturated heterocycles. The molecule has 0 aliphatic carbocycles. The molecule has 0 aromatic rings. The van der Waals surface area contributed by atoms with Crippen LogP contribution in [0.3, 0.4) is 0 Å². The van der Waals surface area contributed by atoms with E-state index >= 15 is 0 Å². The summed E-state index contributed by atoms with van der Waals surface area (Å²) in [4.78, 5) is 0. The van der Waals surface area contributed by atoms with Crippen molar-refractivity contribution >= 4 is 21.7 Å². The second-order valence-corrected chi connectivity index (χ2v) is 2.85. The van der Waals surface area contributed by atoms with Gasteiger partial charge in [-0.15, -0.1) is 11.6 Å². The molecule has 0 atom stereocenters. The van der Waals surface area contributed by atoms with E-state index in [0.717, 1.165) is 0 Å². The quantitative estimate of drug-likeness (QED) is 0.369. The monoisotopic (exact) mass is 228 g/mol. The molecule has 8 heavy (non-hydrogen) atoms. The predicted molar refractivity (Wildman–Crippen MR) is 25.3 cm³/mol. The van der Waals surface area contributed by atoms with Gasteiger partial charge in [0.05, 0.1) is 15.9 Å². The third kappa shape index (κ3) is 10.9. The molecule has 0 rings (SSSR count). The Hall–Kier alpha value is 2.01. The molecule has 6 heteroatoms. The molecule has 0 unspecified atom stereocenters. The van der Waals surface area contributed by atoms with Gasteiger partial charge in [-0.05, 0) is 0 Å². The minimum atomic E-state index is -4.06. The number of rotatable bonds is 2. The van der Waals surface area contributed by atoms with Crippen LogP contribution in [0.5, 0.6) is 0 Å². The van der Waals surface area contributed by atoms with E-state index in [1.165, 1.54) is 0 Å². The molecular formula is C2H4ClO3RbS. The summed E-state index contributed by atoms with van der Waals surface area (Å²) in [5, 5.41) is 0. The number of hydrogen-bond donors (Lipinski definition) is 0. The summed E-state index contributed by atoms with van der Waals surface area (Å²) in [6.45, 7) is 0. The molecule has 0 aliphatic rings. The number of alkyl halides is 1. The molecule has 0 saturated carbocycles. The zero-order chi connectivity index (χ0) is 5.91. The van der Waals surface area contributed by atoms with Gasteiger partial charge in [-0.2, -0.15) is 0 Å². The average molecular weight is 229 g/mol. The second kappa shape index (κ2) is 5.76. The van der Waals surface area contributed by atoms with Crippen molar-refractivity contribution < 1.29 is 71.2 Å². The molecule has 0 fully saturated rings. The van der Waals surface area contributed by atoms with Crippen LogP contribution in [0.2, 0.25) is 0 Å². The van der Waals surface area contributed by atoms with Crippen molar-refractivity contribution in [3.8, 4) is 0 Å². The van der Waals surface area contributed by atoms with Crippen molar-refractivity contribution in [3.05, 3.63) is 0 Å². The molecule has 0 radical (unpaired) electrons. The normalized spacial score (nSPS) is 10.2. The molecule has 0 heterocycles. The zero-order valence-corrected chi connectivity index (χ0v) is 10.9. The van der Waals surface area contributed by atoms with Gasteiger partial charge in [-0.25, -0.2) is 8.42 Å². The molecule has 0 aliphatic heterocycles. The Labute approximate surface area is 102 Å². The summed E-state index contributed by atoms with van der Waals surface area (Å²) >= 11 is 4.91. The topological polar surface area (TPSA) is 57.2 Å². The Morgan fingerprint density at radius 2 is 1.88 bits per heavy atom. The van der Waals surface area contributed by atoms with Crippen molar-refractivity contribution in [1.29, 1.82) is 0 Å². The summed E-state index contributed by atoms with van der Waals surface area (Å²) in [6.07, 6.45) is 0. The molecule has 0 spiro atoms. The molecule has 0 N–H and O–H groups in total. The SMILES string of the molecule is O=S(=O)([O-])CCCl.[Rb+]. The predicted octanol–water partition coefficient (Wildman–Crippen LogP) is -3.23. The van der Waals surface area contributed by atoms with Crippen LogP contribution in [0.15, 0.2) is 0 Å². The van der Waals surface area contributed by atoms with Gasteiger partial charge in [-0.1, -0.05) is 0 Å². The van der Waals surface area contributed by atoms with Crippen LogP contribution in [0.4, 0.5) is 0 Å². The van der Waals surface area contributed by atoms with Crippen LogP contribution in [0.1, 0.15) is 0 Å². The van der Waals surface area contributed by atoms with E-state index in [-0.39, 0.29) is 64.1 Å². The van der Waals surface area contributed by atoms with Crippen LogP contribution < -0.4 is 58.2 Å². The minimum absolute atomic E-state index is 0. The van der Waals surface area contributed by atoms with Gasteiger partial charge in [0.15, 0.2) is 0 Å². The first-order valence-electron chi connectivity index (χ1n) is 1.56. The van der Waals surface area contributed by atoms with E-state index in [1.807, 2.05) is 0 Å². The molecule has 0 bridgehead atoms. The van der Waals surface area contributed by atoms with Gasteiger partial charge >= 0.3 is 58.2 Å². The fourth-order valence-corrected chi connectivity index (χ4v) is 0.850. The Morgan fingerprint density at radius 3 is 1.88 bits per heavy atom. The van der Waals surface area contributed by atoms with Crippen molar-refractivity contribution in [2.45, 2.75) is 0 Å². The van der Waals surface area contributed by atoms with Crippen LogP contribution in [0, 0.1) is 0 Å². The van der Waals surface area contributed by atoms with E-state index in [2.05, 4.69) is 0 Å². The maximum absolute atomic E-state index is 9.59. The first-order chi connectivity index (χ1) is 3.06. The van der Waals surface area contributed by atoms with Crippen molar-refractivity contribution in [1.82, 2.24) is 0 Å². The maximum atomic E-state index is 9.59. The third-order valence-corrected chi connectivity index (χ3v) is 1.44. The molecule has 3 nitrogen and oxygen atoms in total. The molecule has 44 valence electrons. The van der Waals surface area contributed by atoms with Crippen LogP contribution in [-0.2, 0) is 10.1 Å². The standard InChI is InChI=1S/C2H5ClO3S.Rb/c3-1-2-7(4,5)6;/h1-2H2,(H,4,5,6);/q;+1/p-1. The summed E-state index contributed by atoms with van der Waals surface area (Å²) in [6, 6.07) is 0. The number of hydrogen-bond acceptors (Lipinski definition) is 3. The minimum Gasteiger partial charge on any atom is -0.748 e. The first-order valence-corrected chi connectivity index (χ1v) is 3.67. The van der Waals surface area contributed by atoms with Crippen LogP contribution in [0.25, 0.3) is 0 Å². The second-order valence-electron chi connectivity index (χ2n) is 0.951. The summed E-state index contributed by atoms with van der Waals surface area (Å²) < 4.78 is 28.8. The Kier molecular flexibility index (Phi) is 9.12. The van der Waals surface area contributed by atoms with Crippen molar-refractivity contribution in [2.24, 2.45) is 0 Å². The largest absolute Gasteiger partial charge is 1.00 e. The van der Waals surface area contributed by atoms with Crippen molar-refractivity contribution in [2.75, 3.05) is 11.6 Å².